The van der Waals surface area contributed by atoms with Crippen molar-refractivity contribution in [1.82, 2.24) is 5.32 Å². The van der Waals surface area contributed by atoms with Gasteiger partial charge in [-0.2, -0.15) is 0 Å². The van der Waals surface area contributed by atoms with E-state index in [-0.39, 0.29) is 16.8 Å². The molecule has 5 nitrogen and oxygen atoms in total. The molecule has 2 rings (SSSR count). The molecule has 1 unspecified atom stereocenters. The zero-order chi connectivity index (χ0) is 18.4. The third-order valence-electron chi connectivity index (χ3n) is 3.58. The molecule has 1 amide bonds. The van der Waals surface area contributed by atoms with Crippen LogP contribution in [0.4, 0.5) is 5.69 Å². The van der Waals surface area contributed by atoms with Crippen LogP contribution in [0.5, 0.6) is 0 Å². The number of benzene rings is 2. The fourth-order valence-electron chi connectivity index (χ4n) is 2.38. The van der Waals surface area contributed by atoms with Crippen LogP contribution in [0.2, 0.25) is 5.02 Å². The molecule has 134 valence electrons. The molecule has 0 radical (unpaired) electrons. The number of rotatable bonds is 7. The van der Waals surface area contributed by atoms with Crippen LogP contribution in [-0.2, 0) is 10.0 Å². The zero-order valence-corrected chi connectivity index (χ0v) is 15.7. The molecule has 0 aliphatic carbocycles. The number of hydrogen-bond acceptors (Lipinski definition) is 3. The van der Waals surface area contributed by atoms with Crippen molar-refractivity contribution in [3.05, 3.63) is 59.1 Å². The highest BCUT2D eigenvalue weighted by atomic mass is 35.5. The van der Waals surface area contributed by atoms with E-state index in [1.165, 1.54) is 18.2 Å². The minimum Gasteiger partial charge on any atom is -0.350 e. The average Bonchev–Trinajstić information content (AvgIpc) is 2.54. The Morgan fingerprint density at radius 1 is 1.16 bits per heavy atom. The van der Waals surface area contributed by atoms with Gasteiger partial charge in [-0.25, -0.2) is 8.42 Å². The molecule has 0 bridgehead atoms. The molecule has 25 heavy (non-hydrogen) atoms. The maximum Gasteiger partial charge on any atom is 0.261 e. The lowest BCUT2D eigenvalue weighted by Crippen LogP contribution is -2.32. The second-order valence-electron chi connectivity index (χ2n) is 5.81. The zero-order valence-electron chi connectivity index (χ0n) is 14.1. The number of anilines is 1. The molecular weight excluding hydrogens is 360 g/mol. The van der Waals surface area contributed by atoms with Crippen LogP contribution < -0.4 is 10.0 Å². The van der Waals surface area contributed by atoms with Crippen molar-refractivity contribution < 1.29 is 13.2 Å². The van der Waals surface area contributed by atoms with Crippen molar-refractivity contribution in [3.8, 4) is 0 Å². The number of halogens is 1. The van der Waals surface area contributed by atoms with Gasteiger partial charge in [0, 0.05) is 16.6 Å². The quantitative estimate of drug-likeness (QED) is 0.760. The summed E-state index contributed by atoms with van der Waals surface area (Å²) >= 11 is 5.87. The Hall–Kier alpha value is -2.05. The molecule has 0 spiro atoms. The van der Waals surface area contributed by atoms with Gasteiger partial charge in [0.2, 0.25) is 0 Å². The smallest absolute Gasteiger partial charge is 0.261 e. The summed E-state index contributed by atoms with van der Waals surface area (Å²) in [7, 11) is -3.81. The third-order valence-corrected chi connectivity index (χ3v) is 5.20. The molecule has 2 N–H and O–H groups in total. The second kappa shape index (κ2) is 8.36. The normalized spacial score (nSPS) is 12.4. The molecule has 0 aromatic heterocycles. The van der Waals surface area contributed by atoms with Gasteiger partial charge in [0.25, 0.3) is 15.9 Å². The lowest BCUT2D eigenvalue weighted by Gasteiger charge is -2.13. The van der Waals surface area contributed by atoms with E-state index >= 15 is 0 Å². The Bertz CT molecular complexity index is 853. The SMILES string of the molecule is CCCC(C)NC(=O)c1cccc(S(=O)(=O)Nc2cccc(Cl)c2)c1. The summed E-state index contributed by atoms with van der Waals surface area (Å²) in [5.74, 6) is -0.291. The van der Waals surface area contributed by atoms with Gasteiger partial charge in [-0.1, -0.05) is 37.1 Å². The van der Waals surface area contributed by atoms with Gasteiger partial charge in [0.1, 0.15) is 0 Å². The Kier molecular flexibility index (Phi) is 6.45. The number of carbonyl (C=O) groups is 1. The molecule has 0 saturated carbocycles. The van der Waals surface area contributed by atoms with Crippen LogP contribution in [0.3, 0.4) is 0 Å². The first-order chi connectivity index (χ1) is 11.8. The molecule has 1 atom stereocenters. The summed E-state index contributed by atoms with van der Waals surface area (Å²) < 4.78 is 27.5. The predicted octanol–water partition coefficient (Wildman–Crippen LogP) is 4.06. The fraction of sp³-hybridized carbons (Fsp3) is 0.278. The highest BCUT2D eigenvalue weighted by Crippen LogP contribution is 2.20. The molecular formula is C18H21ClN2O3S. The van der Waals surface area contributed by atoms with E-state index in [9.17, 15) is 13.2 Å². The van der Waals surface area contributed by atoms with E-state index in [0.717, 1.165) is 12.8 Å². The van der Waals surface area contributed by atoms with Crippen LogP contribution in [-0.4, -0.2) is 20.4 Å². The summed E-state index contributed by atoms with van der Waals surface area (Å²) in [5, 5.41) is 3.29. The van der Waals surface area contributed by atoms with Crippen molar-refractivity contribution in [3.63, 3.8) is 0 Å². The molecule has 2 aromatic carbocycles. The number of amides is 1. The molecule has 0 saturated heterocycles. The Morgan fingerprint density at radius 2 is 1.88 bits per heavy atom. The van der Waals surface area contributed by atoms with Crippen LogP contribution in [0.15, 0.2) is 53.4 Å². The van der Waals surface area contributed by atoms with Gasteiger partial charge in [-0.3, -0.25) is 9.52 Å². The maximum absolute atomic E-state index is 12.5. The van der Waals surface area contributed by atoms with E-state index < -0.39 is 10.0 Å². The Morgan fingerprint density at radius 3 is 2.56 bits per heavy atom. The molecule has 7 heteroatoms. The van der Waals surface area contributed by atoms with Gasteiger partial charge in [-0.05, 0) is 49.7 Å². The molecule has 0 fully saturated rings. The van der Waals surface area contributed by atoms with Gasteiger partial charge in [-0.15, -0.1) is 0 Å². The summed E-state index contributed by atoms with van der Waals surface area (Å²) in [5.41, 5.74) is 0.663. The van der Waals surface area contributed by atoms with Gasteiger partial charge < -0.3 is 5.32 Å². The maximum atomic E-state index is 12.5. The van der Waals surface area contributed by atoms with Crippen molar-refractivity contribution in [2.75, 3.05) is 4.72 Å². The van der Waals surface area contributed by atoms with Crippen LogP contribution >= 0.6 is 11.6 Å². The molecule has 0 heterocycles. The topological polar surface area (TPSA) is 75.3 Å². The first kappa shape index (κ1) is 19.3. The lowest BCUT2D eigenvalue weighted by molar-refractivity contribution is 0.0938. The largest absolute Gasteiger partial charge is 0.350 e. The average molecular weight is 381 g/mol. The second-order valence-corrected chi connectivity index (χ2v) is 7.93. The van der Waals surface area contributed by atoms with Gasteiger partial charge in [0.15, 0.2) is 0 Å². The Balaban J connectivity index is 2.20. The number of hydrogen-bond donors (Lipinski definition) is 2. The highest BCUT2D eigenvalue weighted by molar-refractivity contribution is 7.92. The minimum absolute atomic E-state index is 0.0169. The van der Waals surface area contributed by atoms with Gasteiger partial charge >= 0.3 is 0 Å². The first-order valence-electron chi connectivity index (χ1n) is 8.01. The van der Waals surface area contributed by atoms with E-state index in [0.29, 0.717) is 16.3 Å². The first-order valence-corrected chi connectivity index (χ1v) is 9.87. The highest BCUT2D eigenvalue weighted by Gasteiger charge is 2.17. The fourth-order valence-corrected chi connectivity index (χ4v) is 3.67. The van der Waals surface area contributed by atoms with E-state index in [2.05, 4.69) is 10.0 Å². The van der Waals surface area contributed by atoms with Crippen molar-refractivity contribution in [2.45, 2.75) is 37.6 Å². The van der Waals surface area contributed by atoms with Crippen LogP contribution in [0.25, 0.3) is 0 Å². The summed E-state index contributed by atoms with van der Waals surface area (Å²) in [6.45, 7) is 3.96. The van der Waals surface area contributed by atoms with Crippen molar-refractivity contribution >= 4 is 33.2 Å². The van der Waals surface area contributed by atoms with Crippen LogP contribution in [0.1, 0.15) is 37.0 Å². The molecule has 2 aromatic rings. The van der Waals surface area contributed by atoms with E-state index in [1.54, 1.807) is 30.3 Å². The standard InChI is InChI=1S/C18H21ClN2O3S/c1-3-6-13(2)20-18(22)14-7-4-10-17(11-14)25(23,24)21-16-9-5-8-15(19)12-16/h4-5,7-13,21H,3,6H2,1-2H3,(H,20,22). The number of sulfonamides is 1. The lowest BCUT2D eigenvalue weighted by atomic mass is 10.1. The van der Waals surface area contributed by atoms with Crippen molar-refractivity contribution in [2.24, 2.45) is 0 Å². The summed E-state index contributed by atoms with van der Waals surface area (Å²) in [6.07, 6.45) is 1.82. The number of carbonyl (C=O) groups excluding carboxylic acids is 1. The van der Waals surface area contributed by atoms with E-state index in [1.807, 2.05) is 13.8 Å². The van der Waals surface area contributed by atoms with E-state index in [4.69, 9.17) is 11.6 Å². The van der Waals surface area contributed by atoms with Gasteiger partial charge in [0.05, 0.1) is 10.6 Å². The van der Waals surface area contributed by atoms with Crippen LogP contribution in [0, 0.1) is 0 Å². The summed E-state index contributed by atoms with van der Waals surface area (Å²) in [6, 6.07) is 12.4. The predicted molar refractivity (Wildman–Crippen MR) is 101 cm³/mol. The Labute approximate surface area is 153 Å². The molecule has 0 aliphatic rings. The molecule has 0 aliphatic heterocycles. The number of nitrogens with one attached hydrogen (secondary N) is 2. The van der Waals surface area contributed by atoms with Crippen molar-refractivity contribution in [1.29, 1.82) is 0 Å². The third kappa shape index (κ3) is 5.47. The summed E-state index contributed by atoms with van der Waals surface area (Å²) in [4.78, 5) is 12.3. The monoisotopic (exact) mass is 380 g/mol. The minimum atomic E-state index is -3.81.